The van der Waals surface area contributed by atoms with Crippen molar-refractivity contribution >= 4 is 5.97 Å². The van der Waals surface area contributed by atoms with E-state index in [1.807, 2.05) is 0 Å². The maximum Gasteiger partial charge on any atom is 0.323 e. The summed E-state index contributed by atoms with van der Waals surface area (Å²) in [7, 11) is 9.22. The van der Waals surface area contributed by atoms with E-state index in [4.69, 9.17) is 33.2 Å². The predicted octanol–water partition coefficient (Wildman–Crippen LogP) is 4.48. The van der Waals surface area contributed by atoms with Crippen molar-refractivity contribution in [1.82, 2.24) is 0 Å². The van der Waals surface area contributed by atoms with Gasteiger partial charge >= 0.3 is 5.97 Å². The van der Waals surface area contributed by atoms with Crippen molar-refractivity contribution in [3.8, 4) is 40.2 Å². The zero-order valence-electron chi connectivity index (χ0n) is 20.0. The van der Waals surface area contributed by atoms with Crippen molar-refractivity contribution in [2.24, 2.45) is 0 Å². The van der Waals surface area contributed by atoms with E-state index in [1.54, 1.807) is 68.8 Å². The van der Waals surface area contributed by atoms with Crippen molar-refractivity contribution in [3.63, 3.8) is 0 Å². The maximum absolute atomic E-state index is 13.5. The lowest BCUT2D eigenvalue weighted by Gasteiger charge is -2.20. The number of methoxy groups -OCH3 is 6. The van der Waals surface area contributed by atoms with Gasteiger partial charge in [-0.15, -0.1) is 0 Å². The van der Waals surface area contributed by atoms with E-state index in [9.17, 15) is 4.79 Å². The topological polar surface area (TPSA) is 81.7 Å². The van der Waals surface area contributed by atoms with Gasteiger partial charge in [0.2, 0.25) is 0 Å². The van der Waals surface area contributed by atoms with Crippen LogP contribution in [0.4, 0.5) is 0 Å². The van der Waals surface area contributed by atoms with E-state index in [-0.39, 0.29) is 0 Å². The summed E-state index contributed by atoms with van der Waals surface area (Å²) in [6.07, 6.45) is 0. The number of rotatable bonds is 10. The van der Waals surface area contributed by atoms with E-state index in [2.05, 4.69) is 0 Å². The normalized spacial score (nSPS) is 10.4. The van der Waals surface area contributed by atoms with Crippen molar-refractivity contribution in [3.05, 3.63) is 65.7 Å². The molecule has 0 N–H and O–H groups in total. The molecule has 0 aliphatic heterocycles. The van der Waals surface area contributed by atoms with Gasteiger partial charge in [0.25, 0.3) is 0 Å². The Labute approximate surface area is 198 Å². The molecule has 34 heavy (non-hydrogen) atoms. The predicted molar refractivity (Wildman–Crippen MR) is 126 cm³/mol. The van der Waals surface area contributed by atoms with Gasteiger partial charge < -0.3 is 33.2 Å². The molecule has 0 bridgehead atoms. The molecule has 0 radical (unpaired) electrons. The summed E-state index contributed by atoms with van der Waals surface area (Å²) in [5.74, 6) is 2.05. The van der Waals surface area contributed by atoms with Crippen molar-refractivity contribution in [2.75, 3.05) is 42.7 Å². The highest BCUT2D eigenvalue weighted by molar-refractivity contribution is 5.85. The molecule has 0 aliphatic rings. The fourth-order valence-corrected chi connectivity index (χ4v) is 3.58. The minimum absolute atomic E-state index is 0.314. The number of carbonyl (C=O) groups excluding carboxylic acids is 1. The zero-order valence-corrected chi connectivity index (χ0v) is 20.0. The SMILES string of the molecule is COc1ccc(OC(=O)C(c2ccc(OC)c(OC)c2)c2ccc(OC)c(OC)c2)cc1OC. The average molecular weight is 469 g/mol. The molecule has 0 fully saturated rings. The zero-order chi connectivity index (χ0) is 24.7. The van der Waals surface area contributed by atoms with Crippen LogP contribution in [0.25, 0.3) is 0 Å². The van der Waals surface area contributed by atoms with Crippen LogP contribution in [0.15, 0.2) is 54.6 Å². The van der Waals surface area contributed by atoms with Crippen LogP contribution in [0, 0.1) is 0 Å². The van der Waals surface area contributed by atoms with Crippen LogP contribution in [0.5, 0.6) is 40.2 Å². The Morgan fingerprint density at radius 3 is 1.32 bits per heavy atom. The highest BCUT2D eigenvalue weighted by Crippen LogP contribution is 2.38. The van der Waals surface area contributed by atoms with Crippen LogP contribution in [0.3, 0.4) is 0 Å². The molecule has 3 rings (SSSR count). The van der Waals surface area contributed by atoms with Crippen LogP contribution in [-0.4, -0.2) is 48.6 Å². The number of esters is 1. The van der Waals surface area contributed by atoms with E-state index in [0.717, 1.165) is 0 Å². The Balaban J connectivity index is 2.07. The van der Waals surface area contributed by atoms with Crippen molar-refractivity contribution in [2.45, 2.75) is 5.92 Å². The first-order valence-corrected chi connectivity index (χ1v) is 10.4. The number of ether oxygens (including phenoxy) is 7. The molecule has 0 heterocycles. The molecule has 0 aromatic heterocycles. The second kappa shape index (κ2) is 11.2. The summed E-state index contributed by atoms with van der Waals surface area (Å²) in [6.45, 7) is 0. The van der Waals surface area contributed by atoms with E-state index in [0.29, 0.717) is 51.4 Å². The molecule has 0 saturated carbocycles. The van der Waals surface area contributed by atoms with Gasteiger partial charge in [-0.1, -0.05) is 12.1 Å². The lowest BCUT2D eigenvalue weighted by Crippen LogP contribution is -2.20. The first kappa shape index (κ1) is 24.6. The van der Waals surface area contributed by atoms with Gasteiger partial charge in [-0.05, 0) is 47.5 Å². The second-order valence-corrected chi connectivity index (χ2v) is 7.10. The van der Waals surface area contributed by atoms with E-state index in [1.165, 1.54) is 28.4 Å². The van der Waals surface area contributed by atoms with Gasteiger partial charge in [-0.25, -0.2) is 0 Å². The third-order valence-electron chi connectivity index (χ3n) is 5.29. The van der Waals surface area contributed by atoms with Gasteiger partial charge in [0.1, 0.15) is 11.7 Å². The van der Waals surface area contributed by atoms with Crippen molar-refractivity contribution < 1.29 is 38.0 Å². The molecule has 0 aliphatic carbocycles. The lowest BCUT2D eigenvalue weighted by atomic mass is 9.90. The number of benzene rings is 3. The Kier molecular flexibility index (Phi) is 8.08. The number of carbonyl (C=O) groups is 1. The highest BCUT2D eigenvalue weighted by Gasteiger charge is 2.28. The molecule has 0 unspecified atom stereocenters. The van der Waals surface area contributed by atoms with Gasteiger partial charge in [0, 0.05) is 6.07 Å². The Morgan fingerprint density at radius 2 is 0.912 bits per heavy atom. The monoisotopic (exact) mass is 468 g/mol. The number of hydrogen-bond acceptors (Lipinski definition) is 8. The summed E-state index contributed by atoms with van der Waals surface area (Å²) in [6, 6.07) is 15.5. The minimum Gasteiger partial charge on any atom is -0.493 e. The second-order valence-electron chi connectivity index (χ2n) is 7.10. The van der Waals surface area contributed by atoms with Gasteiger partial charge in [0.15, 0.2) is 34.5 Å². The summed E-state index contributed by atoms with van der Waals surface area (Å²) >= 11 is 0. The van der Waals surface area contributed by atoms with Crippen LogP contribution in [-0.2, 0) is 4.79 Å². The minimum atomic E-state index is -0.798. The van der Waals surface area contributed by atoms with Gasteiger partial charge in [0.05, 0.1) is 42.7 Å². The van der Waals surface area contributed by atoms with Gasteiger partial charge in [-0.2, -0.15) is 0 Å². The molecule has 3 aromatic carbocycles. The van der Waals surface area contributed by atoms with Crippen LogP contribution >= 0.6 is 0 Å². The maximum atomic E-state index is 13.5. The van der Waals surface area contributed by atoms with Crippen LogP contribution in [0.1, 0.15) is 17.0 Å². The first-order chi connectivity index (χ1) is 16.5. The molecular weight excluding hydrogens is 440 g/mol. The summed E-state index contributed by atoms with van der Waals surface area (Å²) < 4.78 is 37.9. The largest absolute Gasteiger partial charge is 0.493 e. The Hall–Kier alpha value is -4.07. The molecule has 180 valence electrons. The molecule has 3 aromatic rings. The molecule has 8 heteroatoms. The van der Waals surface area contributed by atoms with E-state index >= 15 is 0 Å². The quantitative estimate of drug-likeness (QED) is 0.318. The van der Waals surface area contributed by atoms with Gasteiger partial charge in [-0.3, -0.25) is 4.79 Å². The van der Waals surface area contributed by atoms with Crippen LogP contribution in [0.2, 0.25) is 0 Å². The molecule has 0 spiro atoms. The molecule has 0 atom stereocenters. The van der Waals surface area contributed by atoms with E-state index < -0.39 is 11.9 Å². The summed E-state index contributed by atoms with van der Waals surface area (Å²) in [4.78, 5) is 13.5. The van der Waals surface area contributed by atoms with Crippen molar-refractivity contribution in [1.29, 1.82) is 0 Å². The fourth-order valence-electron chi connectivity index (χ4n) is 3.58. The Morgan fingerprint density at radius 1 is 0.529 bits per heavy atom. The fraction of sp³-hybridized carbons (Fsp3) is 0.269. The Bertz CT molecular complexity index is 1090. The molecule has 0 saturated heterocycles. The molecular formula is C26H28O8. The summed E-state index contributed by atoms with van der Waals surface area (Å²) in [5, 5.41) is 0. The highest BCUT2D eigenvalue weighted by atomic mass is 16.5. The smallest absolute Gasteiger partial charge is 0.323 e. The standard InChI is InChI=1S/C26H28O8/c1-28-19-10-7-16(13-22(19)31-4)25(17-8-11-20(29-2)23(14-17)32-5)26(27)34-18-9-12-21(30-3)24(15-18)33-6/h7-15,25H,1-6H3. The third kappa shape index (κ3) is 5.11. The van der Waals surface area contributed by atoms with Crippen LogP contribution < -0.4 is 33.2 Å². The lowest BCUT2D eigenvalue weighted by molar-refractivity contribution is -0.135. The third-order valence-corrected chi connectivity index (χ3v) is 5.29. The summed E-state index contributed by atoms with van der Waals surface area (Å²) in [5.41, 5.74) is 1.30. The first-order valence-electron chi connectivity index (χ1n) is 10.4. The molecule has 0 amide bonds. The molecule has 8 nitrogen and oxygen atoms in total. The average Bonchev–Trinajstić information content (AvgIpc) is 2.88. The number of hydrogen-bond donors (Lipinski definition) is 0.